The fourth-order valence-corrected chi connectivity index (χ4v) is 0.924. The number of unbranched alkanes of at least 4 members (excludes halogenated alkanes) is 3. The van der Waals surface area contributed by atoms with E-state index in [1.54, 1.807) is 0 Å². The summed E-state index contributed by atoms with van der Waals surface area (Å²) in [7, 11) is 0. The van der Waals surface area contributed by atoms with Gasteiger partial charge in [-0.3, -0.25) is 20.0 Å². The number of nitrogens with zero attached hydrogens (tertiary/aromatic N) is 1. The second kappa shape index (κ2) is 8.04. The summed E-state index contributed by atoms with van der Waals surface area (Å²) in [6.45, 7) is 2.73. The summed E-state index contributed by atoms with van der Waals surface area (Å²) in [6.07, 6.45) is 5.51. The van der Waals surface area contributed by atoms with Crippen molar-refractivity contribution in [1.82, 2.24) is 10.4 Å². The molecular formula is C8H16N2O2. The number of rotatable bonds is 8. The van der Waals surface area contributed by atoms with Gasteiger partial charge in [-0.2, -0.15) is 0 Å². The Kier molecular flexibility index (Phi) is 7.33. The zero-order valence-corrected chi connectivity index (χ0v) is 7.45. The van der Waals surface area contributed by atoms with Crippen molar-refractivity contribution >= 4 is 12.8 Å². The average Bonchev–Trinajstić information content (AvgIpc) is 2.10. The van der Waals surface area contributed by atoms with Gasteiger partial charge >= 0.3 is 0 Å². The van der Waals surface area contributed by atoms with E-state index >= 15 is 0 Å². The Bertz CT molecular complexity index is 128. The van der Waals surface area contributed by atoms with Gasteiger partial charge in [-0.1, -0.05) is 26.2 Å². The van der Waals surface area contributed by atoms with Crippen molar-refractivity contribution < 1.29 is 9.59 Å². The topological polar surface area (TPSA) is 49.4 Å². The lowest BCUT2D eigenvalue weighted by atomic mass is 10.2. The summed E-state index contributed by atoms with van der Waals surface area (Å²) >= 11 is 0. The van der Waals surface area contributed by atoms with Crippen LogP contribution in [0.2, 0.25) is 0 Å². The molecule has 0 aromatic heterocycles. The Labute approximate surface area is 72.9 Å². The molecule has 0 heterocycles. The van der Waals surface area contributed by atoms with Gasteiger partial charge in [0.05, 0.1) is 0 Å². The highest BCUT2D eigenvalue weighted by molar-refractivity contribution is 5.53. The van der Waals surface area contributed by atoms with Gasteiger partial charge in [-0.25, -0.2) is 0 Å². The standard InChI is InChI=1S/C8H16N2O2/c1-2-3-4-5-6-10(8-12)9-7-11/h7-8H,2-6H2,1H3,(H,9,11). The number of nitrogens with one attached hydrogen (secondary N) is 1. The molecule has 0 rings (SSSR count). The summed E-state index contributed by atoms with van der Waals surface area (Å²) in [4.78, 5) is 20.2. The van der Waals surface area contributed by atoms with Crippen LogP contribution in [-0.4, -0.2) is 24.4 Å². The Morgan fingerprint density at radius 1 is 1.25 bits per heavy atom. The zero-order chi connectivity index (χ0) is 9.23. The molecule has 12 heavy (non-hydrogen) atoms. The quantitative estimate of drug-likeness (QED) is 0.332. The van der Waals surface area contributed by atoms with Gasteiger partial charge in [0.25, 0.3) is 0 Å². The number of carbonyl (C=O) groups excluding carboxylic acids is 2. The van der Waals surface area contributed by atoms with Crippen LogP contribution in [0.5, 0.6) is 0 Å². The molecule has 0 atom stereocenters. The van der Waals surface area contributed by atoms with Crippen LogP contribution in [0.25, 0.3) is 0 Å². The maximum atomic E-state index is 10.3. The van der Waals surface area contributed by atoms with E-state index in [4.69, 9.17) is 0 Å². The maximum Gasteiger partial charge on any atom is 0.228 e. The molecular weight excluding hydrogens is 156 g/mol. The molecule has 2 amide bonds. The first-order chi connectivity index (χ1) is 5.85. The Morgan fingerprint density at radius 3 is 2.50 bits per heavy atom. The largest absolute Gasteiger partial charge is 0.277 e. The van der Waals surface area contributed by atoms with Crippen molar-refractivity contribution in [3.63, 3.8) is 0 Å². The monoisotopic (exact) mass is 172 g/mol. The molecule has 4 nitrogen and oxygen atoms in total. The highest BCUT2D eigenvalue weighted by Gasteiger charge is 1.97. The first kappa shape index (κ1) is 10.9. The van der Waals surface area contributed by atoms with E-state index < -0.39 is 0 Å². The third-order valence-electron chi connectivity index (χ3n) is 1.60. The SMILES string of the molecule is CCCCCCN(C=O)NC=O. The van der Waals surface area contributed by atoms with E-state index in [0.717, 1.165) is 12.8 Å². The maximum absolute atomic E-state index is 10.3. The molecule has 0 fully saturated rings. The number of hydrogen-bond acceptors (Lipinski definition) is 2. The van der Waals surface area contributed by atoms with Gasteiger partial charge in [0.15, 0.2) is 0 Å². The van der Waals surface area contributed by atoms with Crippen molar-refractivity contribution in [3.05, 3.63) is 0 Å². The second-order valence-corrected chi connectivity index (χ2v) is 2.61. The van der Waals surface area contributed by atoms with Gasteiger partial charge in [-0.15, -0.1) is 0 Å². The lowest BCUT2D eigenvalue weighted by molar-refractivity contribution is -0.127. The smallest absolute Gasteiger partial charge is 0.228 e. The van der Waals surface area contributed by atoms with Crippen molar-refractivity contribution in [2.75, 3.05) is 6.54 Å². The van der Waals surface area contributed by atoms with E-state index in [1.807, 2.05) is 0 Å². The molecule has 0 aromatic carbocycles. The highest BCUT2D eigenvalue weighted by atomic mass is 16.2. The van der Waals surface area contributed by atoms with Crippen LogP contribution in [0.3, 0.4) is 0 Å². The Morgan fingerprint density at radius 2 is 2.00 bits per heavy atom. The minimum Gasteiger partial charge on any atom is -0.277 e. The van der Waals surface area contributed by atoms with Crippen LogP contribution in [0.1, 0.15) is 32.6 Å². The van der Waals surface area contributed by atoms with Gasteiger partial charge in [0.2, 0.25) is 12.8 Å². The average molecular weight is 172 g/mol. The zero-order valence-electron chi connectivity index (χ0n) is 7.45. The van der Waals surface area contributed by atoms with Gasteiger partial charge in [-0.05, 0) is 6.42 Å². The van der Waals surface area contributed by atoms with Gasteiger partial charge in [0, 0.05) is 6.54 Å². The molecule has 0 radical (unpaired) electrons. The first-order valence-electron chi connectivity index (χ1n) is 4.27. The van der Waals surface area contributed by atoms with Crippen LogP contribution in [0, 0.1) is 0 Å². The van der Waals surface area contributed by atoms with Crippen LogP contribution < -0.4 is 5.43 Å². The van der Waals surface area contributed by atoms with E-state index in [2.05, 4.69) is 12.3 Å². The van der Waals surface area contributed by atoms with Crippen molar-refractivity contribution in [2.24, 2.45) is 0 Å². The minimum atomic E-state index is 0.508. The van der Waals surface area contributed by atoms with Gasteiger partial charge < -0.3 is 0 Å². The number of hydrogen-bond donors (Lipinski definition) is 1. The fourth-order valence-electron chi connectivity index (χ4n) is 0.924. The molecule has 1 N–H and O–H groups in total. The lowest BCUT2D eigenvalue weighted by Gasteiger charge is -2.14. The van der Waals surface area contributed by atoms with Crippen molar-refractivity contribution in [3.8, 4) is 0 Å². The van der Waals surface area contributed by atoms with Crippen LogP contribution in [0.15, 0.2) is 0 Å². The molecule has 0 aliphatic carbocycles. The van der Waals surface area contributed by atoms with Crippen molar-refractivity contribution in [1.29, 1.82) is 0 Å². The Hall–Kier alpha value is -1.06. The summed E-state index contributed by atoms with van der Waals surface area (Å²) < 4.78 is 0. The minimum absolute atomic E-state index is 0.508. The lowest BCUT2D eigenvalue weighted by Crippen LogP contribution is -2.36. The molecule has 0 saturated carbocycles. The number of carbonyl (C=O) groups is 2. The Balaban J connectivity index is 3.31. The van der Waals surface area contributed by atoms with E-state index in [-0.39, 0.29) is 0 Å². The third-order valence-corrected chi connectivity index (χ3v) is 1.60. The molecule has 0 saturated heterocycles. The number of hydrazine groups is 1. The molecule has 0 bridgehead atoms. The van der Waals surface area contributed by atoms with Gasteiger partial charge in [0.1, 0.15) is 0 Å². The van der Waals surface area contributed by atoms with Crippen LogP contribution >= 0.6 is 0 Å². The molecule has 0 aromatic rings. The second-order valence-electron chi connectivity index (χ2n) is 2.61. The first-order valence-corrected chi connectivity index (χ1v) is 4.27. The third kappa shape index (κ3) is 5.70. The van der Waals surface area contributed by atoms with E-state index in [0.29, 0.717) is 19.4 Å². The number of amides is 2. The van der Waals surface area contributed by atoms with E-state index in [9.17, 15) is 9.59 Å². The normalized spacial score (nSPS) is 9.08. The van der Waals surface area contributed by atoms with Crippen molar-refractivity contribution in [2.45, 2.75) is 32.6 Å². The molecule has 0 unspecified atom stereocenters. The fraction of sp³-hybridized carbons (Fsp3) is 0.750. The summed E-state index contributed by atoms with van der Waals surface area (Å²) in [6, 6.07) is 0. The van der Waals surface area contributed by atoms with Crippen LogP contribution in [-0.2, 0) is 9.59 Å². The summed E-state index contributed by atoms with van der Waals surface area (Å²) in [5, 5.41) is 1.25. The predicted molar refractivity (Wildman–Crippen MR) is 46.1 cm³/mol. The van der Waals surface area contributed by atoms with E-state index in [1.165, 1.54) is 17.9 Å². The molecule has 0 aliphatic rings. The molecule has 0 aliphatic heterocycles. The molecule has 70 valence electrons. The molecule has 0 spiro atoms. The predicted octanol–water partition coefficient (Wildman–Crippen LogP) is 0.686. The summed E-state index contributed by atoms with van der Waals surface area (Å²) in [5.74, 6) is 0. The van der Waals surface area contributed by atoms with Crippen LogP contribution in [0.4, 0.5) is 0 Å². The summed E-state index contributed by atoms with van der Waals surface area (Å²) in [5.41, 5.74) is 2.29. The molecule has 4 heteroatoms. The highest BCUT2D eigenvalue weighted by Crippen LogP contribution is 1.98.